The molecule has 0 bridgehead atoms. The van der Waals surface area contributed by atoms with Gasteiger partial charge in [-0.25, -0.2) is 0 Å². The van der Waals surface area contributed by atoms with Gasteiger partial charge >= 0.3 is 0 Å². The van der Waals surface area contributed by atoms with Crippen molar-refractivity contribution in [1.82, 2.24) is 9.97 Å². The molecule has 5 nitrogen and oxygen atoms in total. The van der Waals surface area contributed by atoms with Crippen LogP contribution in [0.5, 0.6) is 0 Å². The molecule has 0 saturated carbocycles. The lowest BCUT2D eigenvalue weighted by Gasteiger charge is -2.02. The smallest absolute Gasteiger partial charge is 0.267 e. The van der Waals surface area contributed by atoms with Crippen LogP contribution in [0.4, 0.5) is 5.82 Å². The van der Waals surface area contributed by atoms with Crippen molar-refractivity contribution in [2.24, 2.45) is 0 Å². The van der Waals surface area contributed by atoms with Gasteiger partial charge in [-0.3, -0.25) is 14.6 Å². The molecule has 0 fully saturated rings. The van der Waals surface area contributed by atoms with Crippen molar-refractivity contribution in [3.05, 3.63) is 29.2 Å². The number of hydrogen-bond donors (Lipinski definition) is 2. The summed E-state index contributed by atoms with van der Waals surface area (Å²) in [6.07, 6.45) is 1.10. The first-order chi connectivity index (χ1) is 5.59. The minimum atomic E-state index is -0.369. The first kappa shape index (κ1) is 8.45. The molecular formula is C7H8N3O2. The normalized spacial score (nSPS) is 9.50. The Hall–Kier alpha value is -1.65. The van der Waals surface area contributed by atoms with E-state index in [1.807, 2.05) is 0 Å². The summed E-state index contributed by atoms with van der Waals surface area (Å²) < 4.78 is 0. The van der Waals surface area contributed by atoms with Gasteiger partial charge in [-0.2, -0.15) is 0 Å². The number of hydrogen-bond acceptors (Lipinski definition) is 3. The van der Waals surface area contributed by atoms with Crippen molar-refractivity contribution in [2.75, 3.05) is 5.32 Å². The Bertz CT molecular complexity index is 356. The van der Waals surface area contributed by atoms with Crippen molar-refractivity contribution < 1.29 is 4.79 Å². The fourth-order valence-electron chi connectivity index (χ4n) is 0.708. The summed E-state index contributed by atoms with van der Waals surface area (Å²) in [5.74, 6) is -0.0291. The van der Waals surface area contributed by atoms with Crippen LogP contribution in [-0.4, -0.2) is 15.9 Å². The number of aromatic amines is 1. The van der Waals surface area contributed by atoms with E-state index >= 15 is 0 Å². The molecule has 5 heteroatoms. The molecule has 0 aliphatic heterocycles. The van der Waals surface area contributed by atoms with E-state index in [0.717, 1.165) is 6.20 Å². The van der Waals surface area contributed by atoms with Gasteiger partial charge in [0, 0.05) is 6.92 Å². The van der Waals surface area contributed by atoms with Crippen LogP contribution in [0.1, 0.15) is 12.6 Å². The van der Waals surface area contributed by atoms with Crippen molar-refractivity contribution in [1.29, 1.82) is 0 Å². The molecule has 1 radical (unpaired) electrons. The summed E-state index contributed by atoms with van der Waals surface area (Å²) in [7, 11) is 0. The van der Waals surface area contributed by atoms with Gasteiger partial charge in [0.2, 0.25) is 5.91 Å². The standard InChI is InChI=1S/C7H8N3O2/c1-4-7(9-5(2)11)10-6(12)3-8-4/h3H,1H2,2H3,(H2,9,10,11,12). The van der Waals surface area contributed by atoms with Crippen LogP contribution < -0.4 is 10.9 Å². The minimum absolute atomic E-state index is 0.245. The third kappa shape index (κ3) is 1.91. The summed E-state index contributed by atoms with van der Waals surface area (Å²) in [5.41, 5.74) is -0.0315. The molecule has 0 atom stereocenters. The molecule has 0 unspecified atom stereocenters. The topological polar surface area (TPSA) is 74.8 Å². The molecule has 0 aromatic carbocycles. The third-order valence-electron chi connectivity index (χ3n) is 1.18. The average Bonchev–Trinajstić information content (AvgIpc) is 1.96. The number of nitrogens with one attached hydrogen (secondary N) is 2. The zero-order chi connectivity index (χ0) is 9.14. The summed E-state index contributed by atoms with van der Waals surface area (Å²) in [6, 6.07) is 0. The van der Waals surface area contributed by atoms with E-state index in [4.69, 9.17) is 0 Å². The summed E-state index contributed by atoms with van der Waals surface area (Å²) >= 11 is 0. The van der Waals surface area contributed by atoms with Gasteiger partial charge in [0.05, 0.1) is 11.9 Å². The Morgan fingerprint density at radius 3 is 3.00 bits per heavy atom. The van der Waals surface area contributed by atoms with Gasteiger partial charge in [0.1, 0.15) is 5.82 Å². The fourth-order valence-corrected chi connectivity index (χ4v) is 0.708. The van der Waals surface area contributed by atoms with Crippen molar-refractivity contribution in [2.45, 2.75) is 6.92 Å². The quantitative estimate of drug-likeness (QED) is 0.612. The van der Waals surface area contributed by atoms with Gasteiger partial charge in [0.25, 0.3) is 5.56 Å². The van der Waals surface area contributed by atoms with Crippen LogP contribution in [0.25, 0.3) is 0 Å². The van der Waals surface area contributed by atoms with E-state index in [-0.39, 0.29) is 17.3 Å². The zero-order valence-electron chi connectivity index (χ0n) is 6.55. The van der Waals surface area contributed by atoms with Crippen LogP contribution in [0, 0.1) is 6.92 Å². The van der Waals surface area contributed by atoms with E-state index in [0.29, 0.717) is 5.69 Å². The minimum Gasteiger partial charge on any atom is -0.311 e. The number of H-pyrrole nitrogens is 1. The molecule has 2 N–H and O–H groups in total. The van der Waals surface area contributed by atoms with Crippen LogP contribution >= 0.6 is 0 Å². The van der Waals surface area contributed by atoms with E-state index < -0.39 is 0 Å². The van der Waals surface area contributed by atoms with Gasteiger partial charge < -0.3 is 10.3 Å². The highest BCUT2D eigenvalue weighted by molar-refractivity contribution is 5.88. The second-order valence-corrected chi connectivity index (χ2v) is 2.25. The van der Waals surface area contributed by atoms with Crippen LogP contribution in [0.3, 0.4) is 0 Å². The summed E-state index contributed by atoms with van der Waals surface area (Å²) in [4.78, 5) is 27.4. The first-order valence-corrected chi connectivity index (χ1v) is 3.28. The van der Waals surface area contributed by atoms with Gasteiger partial charge in [-0.1, -0.05) is 0 Å². The van der Waals surface area contributed by atoms with E-state index in [1.165, 1.54) is 6.92 Å². The number of anilines is 1. The fraction of sp³-hybridized carbons (Fsp3) is 0.143. The molecule has 1 aromatic rings. The third-order valence-corrected chi connectivity index (χ3v) is 1.18. The van der Waals surface area contributed by atoms with Gasteiger partial charge in [-0.15, -0.1) is 0 Å². The molecule has 0 aliphatic rings. The van der Waals surface area contributed by atoms with E-state index in [2.05, 4.69) is 22.2 Å². The van der Waals surface area contributed by atoms with E-state index in [9.17, 15) is 9.59 Å². The summed E-state index contributed by atoms with van der Waals surface area (Å²) in [6.45, 7) is 4.86. The largest absolute Gasteiger partial charge is 0.311 e. The van der Waals surface area contributed by atoms with Crippen LogP contribution in [0.2, 0.25) is 0 Å². The molecule has 0 saturated heterocycles. The number of carbonyl (C=O) groups excluding carboxylic acids is 1. The lowest BCUT2D eigenvalue weighted by molar-refractivity contribution is -0.114. The number of carbonyl (C=O) groups is 1. The zero-order valence-corrected chi connectivity index (χ0v) is 6.55. The molecule has 63 valence electrons. The Morgan fingerprint density at radius 1 is 1.75 bits per heavy atom. The molecule has 1 rings (SSSR count). The van der Waals surface area contributed by atoms with Crippen molar-refractivity contribution >= 4 is 11.7 Å². The summed E-state index contributed by atoms with van der Waals surface area (Å²) in [5, 5.41) is 2.39. The van der Waals surface area contributed by atoms with Crippen LogP contribution in [-0.2, 0) is 4.79 Å². The number of rotatable bonds is 1. The predicted molar refractivity (Wildman–Crippen MR) is 43.6 cm³/mol. The molecule has 1 aromatic heterocycles. The predicted octanol–water partition coefficient (Wildman–Crippen LogP) is -0.0895. The Labute approximate surface area is 68.8 Å². The number of nitrogens with zero attached hydrogens (tertiary/aromatic N) is 1. The molecule has 1 amide bonds. The Balaban J connectivity index is 3.05. The van der Waals surface area contributed by atoms with Crippen molar-refractivity contribution in [3.8, 4) is 0 Å². The van der Waals surface area contributed by atoms with Gasteiger partial charge in [-0.05, 0) is 6.92 Å². The Morgan fingerprint density at radius 2 is 2.42 bits per heavy atom. The highest BCUT2D eigenvalue weighted by atomic mass is 16.1. The molecular weight excluding hydrogens is 158 g/mol. The Kier molecular flexibility index (Phi) is 2.23. The molecule has 12 heavy (non-hydrogen) atoms. The second-order valence-electron chi connectivity index (χ2n) is 2.25. The molecule has 0 spiro atoms. The van der Waals surface area contributed by atoms with Crippen LogP contribution in [0.15, 0.2) is 11.0 Å². The number of amides is 1. The van der Waals surface area contributed by atoms with Crippen molar-refractivity contribution in [3.63, 3.8) is 0 Å². The molecule has 1 heterocycles. The van der Waals surface area contributed by atoms with Gasteiger partial charge in [0.15, 0.2) is 0 Å². The lowest BCUT2D eigenvalue weighted by Crippen LogP contribution is -2.15. The highest BCUT2D eigenvalue weighted by Crippen LogP contribution is 2.02. The molecule has 0 aliphatic carbocycles. The maximum absolute atomic E-state index is 10.7. The second kappa shape index (κ2) is 3.17. The average molecular weight is 166 g/mol. The van der Waals surface area contributed by atoms with E-state index in [1.54, 1.807) is 0 Å². The number of aromatic nitrogens is 2. The lowest BCUT2D eigenvalue weighted by atomic mass is 10.4. The highest BCUT2D eigenvalue weighted by Gasteiger charge is 2.00. The maximum atomic E-state index is 10.7. The SMILES string of the molecule is [CH2]c1ncc(=O)[nH]c1NC(C)=O. The monoisotopic (exact) mass is 166 g/mol. The maximum Gasteiger partial charge on any atom is 0.267 e. The first-order valence-electron chi connectivity index (χ1n) is 3.28.